The van der Waals surface area contributed by atoms with Crippen LogP contribution in [0.25, 0.3) is 0 Å². The Hall–Kier alpha value is -3.07. The molecule has 0 heterocycles. The topological polar surface area (TPSA) is 86.8 Å². The van der Waals surface area contributed by atoms with Gasteiger partial charge in [-0.2, -0.15) is 0 Å². The van der Waals surface area contributed by atoms with Crippen LogP contribution in [0.3, 0.4) is 0 Å². The minimum Gasteiger partial charge on any atom is -0.350 e. The van der Waals surface area contributed by atoms with E-state index in [1.165, 1.54) is 29.2 Å². The summed E-state index contributed by atoms with van der Waals surface area (Å²) < 4.78 is 28.6. The second-order valence-corrected chi connectivity index (χ2v) is 13.0. The highest BCUT2D eigenvalue weighted by molar-refractivity contribution is 7.92. The first-order chi connectivity index (χ1) is 18.2. The van der Waals surface area contributed by atoms with Crippen molar-refractivity contribution in [1.82, 2.24) is 10.2 Å². The maximum absolute atomic E-state index is 13.9. The molecule has 3 aromatic carbocycles. The van der Waals surface area contributed by atoms with E-state index in [9.17, 15) is 18.0 Å². The largest absolute Gasteiger partial charge is 0.350 e. The number of benzene rings is 3. The molecule has 208 valence electrons. The zero-order chi connectivity index (χ0) is 29.0. The first kappa shape index (κ1) is 30.5. The zero-order valence-corrected chi connectivity index (χ0v) is 24.9. The Bertz CT molecular complexity index is 1420. The number of hydrogen-bond acceptors (Lipinski definition) is 4. The van der Waals surface area contributed by atoms with Gasteiger partial charge in [0.2, 0.25) is 11.8 Å². The normalized spacial score (nSPS) is 12.5. The van der Waals surface area contributed by atoms with Gasteiger partial charge in [0.1, 0.15) is 12.6 Å². The molecular weight excluding hydrogens is 557 g/mol. The van der Waals surface area contributed by atoms with Crippen LogP contribution in [-0.2, 0) is 26.2 Å². The van der Waals surface area contributed by atoms with Crippen molar-refractivity contribution in [2.45, 2.75) is 57.6 Å². The molecule has 0 saturated carbocycles. The Labute approximate surface area is 240 Å². The molecule has 7 nitrogen and oxygen atoms in total. The molecule has 10 heteroatoms. The Morgan fingerprint density at radius 1 is 0.923 bits per heavy atom. The fourth-order valence-corrected chi connectivity index (χ4v) is 5.76. The van der Waals surface area contributed by atoms with Crippen molar-refractivity contribution in [3.05, 3.63) is 94.0 Å². The molecule has 0 aliphatic carbocycles. The third kappa shape index (κ3) is 7.75. The second-order valence-electron chi connectivity index (χ2n) is 10.3. The van der Waals surface area contributed by atoms with Crippen LogP contribution in [0.5, 0.6) is 0 Å². The van der Waals surface area contributed by atoms with E-state index in [1.54, 1.807) is 31.2 Å². The zero-order valence-electron chi connectivity index (χ0n) is 22.6. The van der Waals surface area contributed by atoms with Gasteiger partial charge in [0.25, 0.3) is 10.0 Å². The lowest BCUT2D eigenvalue weighted by Gasteiger charge is -2.33. The maximum atomic E-state index is 13.9. The van der Waals surface area contributed by atoms with Gasteiger partial charge in [-0.3, -0.25) is 13.9 Å². The molecule has 0 unspecified atom stereocenters. The summed E-state index contributed by atoms with van der Waals surface area (Å²) in [4.78, 5) is 28.5. The van der Waals surface area contributed by atoms with Gasteiger partial charge in [0.05, 0.1) is 20.6 Å². The summed E-state index contributed by atoms with van der Waals surface area (Å²) in [5.74, 6) is -0.941. The summed E-state index contributed by atoms with van der Waals surface area (Å²) in [5.41, 5.74) is 1.37. The number of sulfonamides is 1. The smallest absolute Gasteiger partial charge is 0.264 e. The summed E-state index contributed by atoms with van der Waals surface area (Å²) in [6, 6.07) is 19.0. The van der Waals surface area contributed by atoms with E-state index in [2.05, 4.69) is 5.32 Å². The van der Waals surface area contributed by atoms with E-state index in [0.717, 1.165) is 15.4 Å². The molecule has 0 aliphatic heterocycles. The molecule has 3 rings (SSSR count). The highest BCUT2D eigenvalue weighted by Gasteiger charge is 2.34. The van der Waals surface area contributed by atoms with Crippen molar-refractivity contribution in [2.24, 2.45) is 0 Å². The van der Waals surface area contributed by atoms with Gasteiger partial charge in [-0.1, -0.05) is 77.3 Å². The third-order valence-electron chi connectivity index (χ3n) is 5.95. The molecule has 0 radical (unpaired) electrons. The lowest BCUT2D eigenvalue weighted by Crippen LogP contribution is -2.54. The highest BCUT2D eigenvalue weighted by atomic mass is 35.5. The molecule has 0 aromatic heterocycles. The number of carbonyl (C=O) groups excluding carboxylic acids is 2. The fourth-order valence-electron chi connectivity index (χ4n) is 3.86. The van der Waals surface area contributed by atoms with Gasteiger partial charge in [0.15, 0.2) is 0 Å². The van der Waals surface area contributed by atoms with Gasteiger partial charge >= 0.3 is 0 Å². The number of aryl methyl sites for hydroxylation is 1. The minimum absolute atomic E-state index is 0.00455. The van der Waals surface area contributed by atoms with Crippen molar-refractivity contribution in [2.75, 3.05) is 10.8 Å². The summed E-state index contributed by atoms with van der Waals surface area (Å²) >= 11 is 12.7. The van der Waals surface area contributed by atoms with Crippen molar-refractivity contribution < 1.29 is 18.0 Å². The average Bonchev–Trinajstić information content (AvgIpc) is 2.87. The molecule has 0 aliphatic rings. The summed E-state index contributed by atoms with van der Waals surface area (Å²) in [6.07, 6.45) is 0. The first-order valence-corrected chi connectivity index (χ1v) is 14.6. The minimum atomic E-state index is -4.23. The molecular formula is C29H33Cl2N3O4S. The van der Waals surface area contributed by atoms with Gasteiger partial charge < -0.3 is 10.2 Å². The standard InChI is InChI=1S/C29H33Cl2N3O4S/c1-20-14-16-22(17-15-20)18-33(21(2)28(36)32-29(3,4)5)26(35)19-34(25-13-9-12-24(30)27(25)31)39(37,38)23-10-7-6-8-11-23/h6-17,21H,18-19H2,1-5H3,(H,32,36)/t21-/m0/s1. The van der Waals surface area contributed by atoms with E-state index < -0.39 is 34.1 Å². The lowest BCUT2D eigenvalue weighted by molar-refractivity contribution is -0.140. The van der Waals surface area contributed by atoms with Crippen LogP contribution in [0.15, 0.2) is 77.7 Å². The van der Waals surface area contributed by atoms with E-state index in [-0.39, 0.29) is 33.1 Å². The number of halogens is 2. The second kappa shape index (κ2) is 12.4. The number of nitrogens with one attached hydrogen (secondary N) is 1. The summed E-state index contributed by atoms with van der Waals surface area (Å²) in [7, 11) is -4.23. The van der Waals surface area contributed by atoms with Gasteiger partial charge in [0, 0.05) is 12.1 Å². The van der Waals surface area contributed by atoms with Crippen LogP contribution in [-0.4, -0.2) is 43.3 Å². The third-order valence-corrected chi connectivity index (χ3v) is 8.53. The molecule has 0 spiro atoms. The SMILES string of the molecule is Cc1ccc(CN(C(=O)CN(c2cccc(Cl)c2Cl)S(=O)(=O)c2ccccc2)[C@@H](C)C(=O)NC(C)(C)C)cc1. The van der Waals surface area contributed by atoms with E-state index in [4.69, 9.17) is 23.2 Å². The molecule has 1 N–H and O–H groups in total. The molecule has 3 aromatic rings. The Kier molecular flexibility index (Phi) is 9.69. The highest BCUT2D eigenvalue weighted by Crippen LogP contribution is 2.35. The number of nitrogens with zero attached hydrogens (tertiary/aromatic N) is 2. The molecule has 0 fully saturated rings. The van der Waals surface area contributed by atoms with E-state index in [0.29, 0.717) is 0 Å². The van der Waals surface area contributed by atoms with Crippen LogP contribution >= 0.6 is 23.2 Å². The van der Waals surface area contributed by atoms with E-state index >= 15 is 0 Å². The van der Waals surface area contributed by atoms with Gasteiger partial charge in [-0.25, -0.2) is 8.42 Å². The van der Waals surface area contributed by atoms with Crippen LogP contribution in [0, 0.1) is 6.92 Å². The van der Waals surface area contributed by atoms with Crippen LogP contribution in [0.1, 0.15) is 38.8 Å². The van der Waals surface area contributed by atoms with Crippen molar-refractivity contribution >= 4 is 50.7 Å². The fraction of sp³-hybridized carbons (Fsp3) is 0.310. The van der Waals surface area contributed by atoms with Crippen molar-refractivity contribution in [1.29, 1.82) is 0 Å². The number of rotatable bonds is 9. The van der Waals surface area contributed by atoms with Crippen molar-refractivity contribution in [3.63, 3.8) is 0 Å². The predicted molar refractivity (Wildman–Crippen MR) is 157 cm³/mol. The summed E-state index contributed by atoms with van der Waals surface area (Å²) in [6.45, 7) is 8.61. The maximum Gasteiger partial charge on any atom is 0.264 e. The van der Waals surface area contributed by atoms with Crippen LogP contribution < -0.4 is 9.62 Å². The monoisotopic (exact) mass is 589 g/mol. The number of carbonyl (C=O) groups is 2. The molecule has 0 saturated heterocycles. The number of amides is 2. The van der Waals surface area contributed by atoms with E-state index in [1.807, 2.05) is 52.0 Å². The number of hydrogen-bond donors (Lipinski definition) is 1. The molecule has 39 heavy (non-hydrogen) atoms. The molecule has 2 amide bonds. The van der Waals surface area contributed by atoms with Crippen LogP contribution in [0.2, 0.25) is 10.0 Å². The molecule has 1 atom stereocenters. The predicted octanol–water partition coefficient (Wildman–Crippen LogP) is 5.83. The average molecular weight is 591 g/mol. The summed E-state index contributed by atoms with van der Waals surface area (Å²) in [5, 5.41) is 3.04. The first-order valence-electron chi connectivity index (χ1n) is 12.4. The van der Waals surface area contributed by atoms with Crippen molar-refractivity contribution in [3.8, 4) is 0 Å². The Balaban J connectivity index is 2.06. The Morgan fingerprint density at radius 3 is 2.13 bits per heavy atom. The van der Waals surface area contributed by atoms with Crippen LogP contribution in [0.4, 0.5) is 5.69 Å². The lowest BCUT2D eigenvalue weighted by atomic mass is 10.1. The molecule has 0 bridgehead atoms. The quantitative estimate of drug-likeness (QED) is 0.340. The van der Waals surface area contributed by atoms with Gasteiger partial charge in [-0.05, 0) is 64.4 Å². The number of anilines is 1. The Morgan fingerprint density at radius 2 is 1.54 bits per heavy atom. The van der Waals surface area contributed by atoms with Gasteiger partial charge in [-0.15, -0.1) is 0 Å².